The molecule has 3 nitrogen and oxygen atoms in total. The average molecular weight is 307 g/mol. The molecule has 21 heavy (non-hydrogen) atoms. The van der Waals surface area contributed by atoms with Crippen LogP contribution in [0.25, 0.3) is 0 Å². The third-order valence-corrected chi connectivity index (χ3v) is 3.26. The summed E-state index contributed by atoms with van der Waals surface area (Å²) in [5.41, 5.74) is 0. The molecule has 0 aliphatic carbocycles. The number of para-hydroxylation sites is 1. The van der Waals surface area contributed by atoms with Gasteiger partial charge in [-0.05, 0) is 37.1 Å². The molecule has 112 valence electrons. The lowest BCUT2D eigenvalue weighted by Gasteiger charge is -2.09. The van der Waals surface area contributed by atoms with Gasteiger partial charge >= 0.3 is 0 Å². The SMILES string of the molecule is COc1cccc(OCCCCOc2ccccc2Cl)c1. The topological polar surface area (TPSA) is 27.7 Å². The van der Waals surface area contributed by atoms with Crippen LogP contribution < -0.4 is 14.2 Å². The molecule has 2 aromatic carbocycles. The van der Waals surface area contributed by atoms with Gasteiger partial charge in [0.1, 0.15) is 17.2 Å². The minimum atomic E-state index is 0.630. The molecule has 0 atom stereocenters. The van der Waals surface area contributed by atoms with E-state index in [1.165, 1.54) is 0 Å². The van der Waals surface area contributed by atoms with Crippen LogP contribution in [0.2, 0.25) is 5.02 Å². The van der Waals surface area contributed by atoms with Crippen molar-refractivity contribution in [2.75, 3.05) is 20.3 Å². The van der Waals surface area contributed by atoms with E-state index in [2.05, 4.69) is 0 Å². The maximum Gasteiger partial charge on any atom is 0.137 e. The highest BCUT2D eigenvalue weighted by atomic mass is 35.5. The minimum Gasteiger partial charge on any atom is -0.497 e. The van der Waals surface area contributed by atoms with Crippen LogP contribution in [-0.4, -0.2) is 20.3 Å². The Kier molecular flexibility index (Phi) is 6.22. The van der Waals surface area contributed by atoms with E-state index < -0.39 is 0 Å². The Labute approximate surface area is 130 Å². The molecule has 0 saturated carbocycles. The molecule has 0 aliphatic rings. The number of halogens is 1. The van der Waals surface area contributed by atoms with E-state index in [1.54, 1.807) is 7.11 Å². The summed E-state index contributed by atoms with van der Waals surface area (Å²) in [6.07, 6.45) is 1.83. The van der Waals surface area contributed by atoms with Gasteiger partial charge in [0.2, 0.25) is 0 Å². The van der Waals surface area contributed by atoms with Gasteiger partial charge in [0.05, 0.1) is 25.3 Å². The van der Waals surface area contributed by atoms with Gasteiger partial charge in [0.25, 0.3) is 0 Å². The van der Waals surface area contributed by atoms with Crippen LogP contribution in [-0.2, 0) is 0 Å². The minimum absolute atomic E-state index is 0.630. The van der Waals surface area contributed by atoms with Crippen molar-refractivity contribution in [2.24, 2.45) is 0 Å². The zero-order chi connectivity index (χ0) is 14.9. The molecule has 2 aromatic rings. The maximum absolute atomic E-state index is 6.01. The number of hydrogen-bond acceptors (Lipinski definition) is 3. The van der Waals surface area contributed by atoms with Gasteiger partial charge in [-0.1, -0.05) is 29.8 Å². The van der Waals surface area contributed by atoms with Crippen LogP contribution >= 0.6 is 11.6 Å². The lowest BCUT2D eigenvalue weighted by atomic mass is 10.3. The Balaban J connectivity index is 1.63. The molecule has 0 aromatic heterocycles. The van der Waals surface area contributed by atoms with Gasteiger partial charge in [-0.15, -0.1) is 0 Å². The molecular formula is C17H19ClO3. The lowest BCUT2D eigenvalue weighted by molar-refractivity contribution is 0.266. The van der Waals surface area contributed by atoms with E-state index in [0.717, 1.165) is 30.1 Å². The standard InChI is InChI=1S/C17H19ClO3/c1-19-14-7-6-8-15(13-14)20-11-4-5-12-21-17-10-3-2-9-16(17)18/h2-3,6-10,13H,4-5,11-12H2,1H3. The van der Waals surface area contributed by atoms with E-state index in [0.29, 0.717) is 18.2 Å². The lowest BCUT2D eigenvalue weighted by Crippen LogP contribution is -2.02. The smallest absolute Gasteiger partial charge is 0.137 e. The zero-order valence-corrected chi connectivity index (χ0v) is 12.8. The Bertz CT molecular complexity index is 557. The fraction of sp³-hybridized carbons (Fsp3) is 0.294. The van der Waals surface area contributed by atoms with Crippen molar-refractivity contribution in [1.82, 2.24) is 0 Å². The van der Waals surface area contributed by atoms with E-state index in [9.17, 15) is 0 Å². The summed E-state index contributed by atoms with van der Waals surface area (Å²) in [6, 6.07) is 15.1. The van der Waals surface area contributed by atoms with Gasteiger partial charge < -0.3 is 14.2 Å². The van der Waals surface area contributed by atoms with Crippen LogP contribution in [0.4, 0.5) is 0 Å². The molecule has 0 N–H and O–H groups in total. The fourth-order valence-corrected chi connectivity index (χ4v) is 2.02. The van der Waals surface area contributed by atoms with Crippen LogP contribution in [0.3, 0.4) is 0 Å². The molecule has 0 spiro atoms. The van der Waals surface area contributed by atoms with Crippen molar-refractivity contribution in [2.45, 2.75) is 12.8 Å². The number of hydrogen-bond donors (Lipinski definition) is 0. The number of rotatable bonds is 8. The summed E-state index contributed by atoms with van der Waals surface area (Å²) in [4.78, 5) is 0. The van der Waals surface area contributed by atoms with E-state index in [4.69, 9.17) is 25.8 Å². The first kappa shape index (κ1) is 15.5. The number of methoxy groups -OCH3 is 1. The fourth-order valence-electron chi connectivity index (χ4n) is 1.83. The Morgan fingerprint density at radius 3 is 2.33 bits per heavy atom. The van der Waals surface area contributed by atoms with Crippen molar-refractivity contribution in [1.29, 1.82) is 0 Å². The summed E-state index contributed by atoms with van der Waals surface area (Å²) in [5, 5.41) is 0.644. The molecule has 0 saturated heterocycles. The average Bonchev–Trinajstić information content (AvgIpc) is 2.52. The molecule has 0 aliphatic heterocycles. The first-order valence-corrected chi connectivity index (χ1v) is 7.31. The predicted molar refractivity (Wildman–Crippen MR) is 84.7 cm³/mol. The van der Waals surface area contributed by atoms with Crippen LogP contribution in [0, 0.1) is 0 Å². The number of unbranched alkanes of at least 4 members (excludes halogenated alkanes) is 1. The Morgan fingerprint density at radius 2 is 1.57 bits per heavy atom. The van der Waals surface area contributed by atoms with Gasteiger partial charge in [0.15, 0.2) is 0 Å². The second kappa shape index (κ2) is 8.42. The highest BCUT2D eigenvalue weighted by Crippen LogP contribution is 2.23. The summed E-state index contributed by atoms with van der Waals surface area (Å²) >= 11 is 6.01. The highest BCUT2D eigenvalue weighted by molar-refractivity contribution is 6.32. The molecule has 0 bridgehead atoms. The second-order valence-electron chi connectivity index (χ2n) is 4.51. The largest absolute Gasteiger partial charge is 0.497 e. The molecule has 2 rings (SSSR count). The Morgan fingerprint density at radius 1 is 0.857 bits per heavy atom. The van der Waals surface area contributed by atoms with Gasteiger partial charge in [-0.3, -0.25) is 0 Å². The van der Waals surface area contributed by atoms with Gasteiger partial charge in [-0.25, -0.2) is 0 Å². The normalized spacial score (nSPS) is 10.2. The molecule has 0 amide bonds. The molecule has 0 unspecified atom stereocenters. The highest BCUT2D eigenvalue weighted by Gasteiger charge is 2.00. The molecule has 0 heterocycles. The third kappa shape index (κ3) is 5.20. The third-order valence-electron chi connectivity index (χ3n) is 2.94. The second-order valence-corrected chi connectivity index (χ2v) is 4.92. The van der Waals surface area contributed by atoms with Crippen molar-refractivity contribution < 1.29 is 14.2 Å². The quantitative estimate of drug-likeness (QED) is 0.668. The molecule has 0 radical (unpaired) electrons. The monoisotopic (exact) mass is 306 g/mol. The van der Waals surface area contributed by atoms with Crippen LogP contribution in [0.1, 0.15) is 12.8 Å². The summed E-state index contributed by atoms with van der Waals surface area (Å²) < 4.78 is 16.4. The molecule has 4 heteroatoms. The summed E-state index contributed by atoms with van der Waals surface area (Å²) in [7, 11) is 1.64. The maximum atomic E-state index is 6.01. The first-order chi connectivity index (χ1) is 10.3. The first-order valence-electron chi connectivity index (χ1n) is 6.94. The predicted octanol–water partition coefficient (Wildman–Crippen LogP) is 4.59. The molecule has 0 fully saturated rings. The number of benzene rings is 2. The van der Waals surface area contributed by atoms with Crippen molar-refractivity contribution >= 4 is 11.6 Å². The van der Waals surface area contributed by atoms with E-state index in [-0.39, 0.29) is 0 Å². The summed E-state index contributed by atoms with van der Waals surface area (Å²) in [6.45, 7) is 1.28. The van der Waals surface area contributed by atoms with Gasteiger partial charge in [0, 0.05) is 6.07 Å². The van der Waals surface area contributed by atoms with E-state index >= 15 is 0 Å². The van der Waals surface area contributed by atoms with Crippen molar-refractivity contribution in [3.05, 3.63) is 53.6 Å². The summed E-state index contributed by atoms with van der Waals surface area (Å²) in [5.74, 6) is 2.35. The van der Waals surface area contributed by atoms with E-state index in [1.807, 2.05) is 48.5 Å². The number of ether oxygens (including phenoxy) is 3. The van der Waals surface area contributed by atoms with Crippen molar-refractivity contribution in [3.63, 3.8) is 0 Å². The zero-order valence-electron chi connectivity index (χ0n) is 12.0. The van der Waals surface area contributed by atoms with Crippen LogP contribution in [0.15, 0.2) is 48.5 Å². The molecular weight excluding hydrogens is 288 g/mol. The Hall–Kier alpha value is -1.87. The van der Waals surface area contributed by atoms with Gasteiger partial charge in [-0.2, -0.15) is 0 Å². The van der Waals surface area contributed by atoms with Crippen molar-refractivity contribution in [3.8, 4) is 17.2 Å². The van der Waals surface area contributed by atoms with Crippen LogP contribution in [0.5, 0.6) is 17.2 Å².